The second-order valence-electron chi connectivity index (χ2n) is 3.11. The molecule has 0 aromatic heterocycles. The maximum absolute atomic E-state index is 8.09. The number of aryl methyl sites for hydroxylation is 2. The van der Waals surface area contributed by atoms with Crippen molar-refractivity contribution in [1.29, 1.82) is 0 Å². The van der Waals surface area contributed by atoms with Gasteiger partial charge in [-0.2, -0.15) is 0 Å². The Kier molecular flexibility index (Phi) is 4.23. The minimum Gasteiger partial charge on any atom is -0.0919 e. The summed E-state index contributed by atoms with van der Waals surface area (Å²) in [6.45, 7) is 4.23. The molecule has 0 aliphatic rings. The highest BCUT2D eigenvalue weighted by Gasteiger charge is 2.00. The maximum Gasteiger partial charge on any atom is 0.0880 e. The zero-order valence-corrected chi connectivity index (χ0v) is 10.2. The topological polar surface area (TPSA) is 48.8 Å². The summed E-state index contributed by atoms with van der Waals surface area (Å²) in [7, 11) is 0. The third kappa shape index (κ3) is 3.32. The molecule has 0 heterocycles. The van der Waals surface area contributed by atoms with E-state index in [0.717, 1.165) is 21.2 Å². The molecule has 15 heavy (non-hydrogen) atoms. The van der Waals surface area contributed by atoms with Crippen molar-refractivity contribution in [3.05, 3.63) is 43.7 Å². The van der Waals surface area contributed by atoms with Crippen molar-refractivity contribution in [2.45, 2.75) is 13.8 Å². The van der Waals surface area contributed by atoms with Gasteiger partial charge in [-0.25, -0.2) is 0 Å². The number of benzene rings is 1. The van der Waals surface area contributed by atoms with Crippen molar-refractivity contribution < 1.29 is 0 Å². The molecule has 1 rings (SSSR count). The molecule has 0 amide bonds. The van der Waals surface area contributed by atoms with Gasteiger partial charge in [-0.1, -0.05) is 32.9 Å². The van der Waals surface area contributed by atoms with Gasteiger partial charge in [-0.05, 0) is 42.6 Å². The fraction of sp³-hybridized carbons (Fsp3) is 0.273. The SMILES string of the molecule is Cc1cc(Br)cc(C)c1C#CCN=[N+]=[N-]. The van der Waals surface area contributed by atoms with Crippen molar-refractivity contribution >= 4 is 15.9 Å². The van der Waals surface area contributed by atoms with Gasteiger partial charge in [0.25, 0.3) is 0 Å². The molecule has 0 radical (unpaired) electrons. The molecule has 0 N–H and O–H groups in total. The summed E-state index contributed by atoms with van der Waals surface area (Å²) in [5.74, 6) is 5.83. The molecule has 3 nitrogen and oxygen atoms in total. The molecule has 4 heteroatoms. The zero-order valence-electron chi connectivity index (χ0n) is 8.58. The molecule has 0 unspecified atom stereocenters. The Labute approximate surface area is 97.3 Å². The predicted octanol–water partition coefficient (Wildman–Crippen LogP) is 3.73. The van der Waals surface area contributed by atoms with Gasteiger partial charge in [-0.15, -0.1) is 0 Å². The summed E-state index contributed by atoms with van der Waals surface area (Å²) in [5.41, 5.74) is 11.3. The van der Waals surface area contributed by atoms with Crippen molar-refractivity contribution in [1.82, 2.24) is 0 Å². The first-order valence-corrected chi connectivity index (χ1v) is 5.21. The molecule has 0 saturated heterocycles. The highest BCUT2D eigenvalue weighted by Crippen LogP contribution is 2.19. The number of nitrogens with zero attached hydrogens (tertiary/aromatic N) is 3. The first kappa shape index (κ1) is 11.6. The molecular weight excluding hydrogens is 254 g/mol. The second kappa shape index (κ2) is 5.45. The molecular formula is C11H10BrN3. The lowest BCUT2D eigenvalue weighted by atomic mass is 10.0. The van der Waals surface area contributed by atoms with E-state index in [1.165, 1.54) is 0 Å². The summed E-state index contributed by atoms with van der Waals surface area (Å²) >= 11 is 3.43. The van der Waals surface area contributed by atoms with Gasteiger partial charge in [0.05, 0.1) is 6.54 Å². The largest absolute Gasteiger partial charge is 0.0919 e. The highest BCUT2D eigenvalue weighted by molar-refractivity contribution is 9.10. The van der Waals surface area contributed by atoms with Gasteiger partial charge in [0, 0.05) is 14.9 Å². The summed E-state index contributed by atoms with van der Waals surface area (Å²) < 4.78 is 1.05. The number of hydrogen-bond acceptors (Lipinski definition) is 1. The van der Waals surface area contributed by atoms with Crippen LogP contribution in [0.5, 0.6) is 0 Å². The molecule has 1 aromatic carbocycles. The van der Waals surface area contributed by atoms with Gasteiger partial charge in [0.15, 0.2) is 0 Å². The Morgan fingerprint density at radius 1 is 1.40 bits per heavy atom. The van der Waals surface area contributed by atoms with Crippen molar-refractivity contribution in [2.75, 3.05) is 6.54 Å². The molecule has 0 bridgehead atoms. The van der Waals surface area contributed by atoms with E-state index in [0.29, 0.717) is 0 Å². The lowest BCUT2D eigenvalue weighted by Gasteiger charge is -2.03. The van der Waals surface area contributed by atoms with Crippen LogP contribution in [0.1, 0.15) is 16.7 Å². The van der Waals surface area contributed by atoms with E-state index < -0.39 is 0 Å². The molecule has 0 spiro atoms. The minimum absolute atomic E-state index is 0.214. The lowest BCUT2D eigenvalue weighted by Crippen LogP contribution is -1.88. The maximum atomic E-state index is 8.09. The van der Waals surface area contributed by atoms with Crippen molar-refractivity contribution in [2.24, 2.45) is 5.11 Å². The second-order valence-corrected chi connectivity index (χ2v) is 4.02. The van der Waals surface area contributed by atoms with Crippen molar-refractivity contribution in [3.63, 3.8) is 0 Å². The molecule has 1 aromatic rings. The van der Waals surface area contributed by atoms with E-state index in [4.69, 9.17) is 5.53 Å². The van der Waals surface area contributed by atoms with Crippen LogP contribution in [-0.2, 0) is 0 Å². The Morgan fingerprint density at radius 3 is 2.53 bits per heavy atom. The van der Waals surface area contributed by atoms with E-state index in [9.17, 15) is 0 Å². The summed E-state index contributed by atoms with van der Waals surface area (Å²) in [6.07, 6.45) is 0. The lowest BCUT2D eigenvalue weighted by molar-refractivity contribution is 1.25. The van der Waals surface area contributed by atoms with Crippen LogP contribution in [0.3, 0.4) is 0 Å². The quantitative estimate of drug-likeness (QED) is 0.321. The first-order chi connectivity index (χ1) is 7.15. The van der Waals surface area contributed by atoms with E-state index >= 15 is 0 Å². The molecule has 0 atom stereocenters. The van der Waals surface area contributed by atoms with Crippen LogP contribution >= 0.6 is 15.9 Å². The average Bonchev–Trinajstić information content (AvgIpc) is 2.15. The number of halogens is 1. The third-order valence-corrected chi connectivity index (χ3v) is 2.38. The summed E-state index contributed by atoms with van der Waals surface area (Å²) in [4.78, 5) is 2.64. The predicted molar refractivity (Wildman–Crippen MR) is 64.5 cm³/mol. The van der Waals surface area contributed by atoms with Gasteiger partial charge in [-0.3, -0.25) is 0 Å². The normalized spacial score (nSPS) is 8.73. The monoisotopic (exact) mass is 263 g/mol. The van der Waals surface area contributed by atoms with Crippen LogP contribution in [0.15, 0.2) is 21.7 Å². The Hall–Kier alpha value is -1.43. The fourth-order valence-electron chi connectivity index (χ4n) is 1.30. The average molecular weight is 264 g/mol. The molecule has 76 valence electrons. The molecule has 0 fully saturated rings. The third-order valence-electron chi connectivity index (χ3n) is 1.92. The standard InChI is InChI=1S/C11H10BrN3/c1-8-6-10(12)7-9(2)11(8)4-3-5-14-15-13/h6-7H,5H2,1-2H3. The highest BCUT2D eigenvalue weighted by atomic mass is 79.9. The minimum atomic E-state index is 0.214. The Bertz CT molecular complexity index is 453. The zero-order chi connectivity index (χ0) is 11.3. The van der Waals surface area contributed by atoms with Crippen LogP contribution in [0.2, 0.25) is 0 Å². The van der Waals surface area contributed by atoms with E-state index in [1.807, 2.05) is 26.0 Å². The van der Waals surface area contributed by atoms with Crippen LogP contribution < -0.4 is 0 Å². The van der Waals surface area contributed by atoms with Gasteiger partial charge < -0.3 is 0 Å². The van der Waals surface area contributed by atoms with Crippen molar-refractivity contribution in [3.8, 4) is 11.8 Å². The number of rotatable bonds is 1. The Balaban J connectivity index is 3.02. The molecule has 0 aliphatic carbocycles. The number of hydrogen-bond donors (Lipinski definition) is 0. The van der Waals surface area contributed by atoms with Gasteiger partial charge >= 0.3 is 0 Å². The van der Waals surface area contributed by atoms with Crippen LogP contribution in [0, 0.1) is 25.7 Å². The number of azide groups is 1. The molecule has 0 saturated carbocycles. The Morgan fingerprint density at radius 2 is 2.00 bits per heavy atom. The fourth-order valence-corrected chi connectivity index (χ4v) is 1.99. The van der Waals surface area contributed by atoms with Crippen LogP contribution in [-0.4, -0.2) is 6.54 Å². The van der Waals surface area contributed by atoms with E-state index in [2.05, 4.69) is 37.8 Å². The summed E-state index contributed by atoms with van der Waals surface area (Å²) in [5, 5.41) is 3.36. The van der Waals surface area contributed by atoms with Crippen LogP contribution in [0.25, 0.3) is 10.4 Å². The summed E-state index contributed by atoms with van der Waals surface area (Å²) in [6, 6.07) is 4.04. The smallest absolute Gasteiger partial charge is 0.0880 e. The van der Waals surface area contributed by atoms with Gasteiger partial charge in [0.1, 0.15) is 0 Å². The van der Waals surface area contributed by atoms with Gasteiger partial charge in [0.2, 0.25) is 0 Å². The first-order valence-electron chi connectivity index (χ1n) is 4.41. The molecule has 0 aliphatic heterocycles. The van der Waals surface area contributed by atoms with E-state index in [1.54, 1.807) is 0 Å². The van der Waals surface area contributed by atoms with Crippen LogP contribution in [0.4, 0.5) is 0 Å². The van der Waals surface area contributed by atoms with E-state index in [-0.39, 0.29) is 6.54 Å².